The number of hydrogen-bond acceptors (Lipinski definition) is 5. The molecule has 1 aliphatic rings. The number of nitrogens with zero attached hydrogens (tertiary/aromatic N) is 2. The molecule has 2 N–H and O–H groups in total. The van der Waals surface area contributed by atoms with E-state index in [9.17, 15) is 9.90 Å². The van der Waals surface area contributed by atoms with E-state index in [2.05, 4.69) is 15.3 Å². The van der Waals surface area contributed by atoms with Crippen LogP contribution in [0.5, 0.6) is 0 Å². The van der Waals surface area contributed by atoms with E-state index in [-0.39, 0.29) is 24.0 Å². The van der Waals surface area contributed by atoms with E-state index in [4.69, 9.17) is 0 Å². The van der Waals surface area contributed by atoms with Crippen molar-refractivity contribution in [2.24, 2.45) is 5.92 Å². The van der Waals surface area contributed by atoms with E-state index in [1.165, 1.54) is 11.3 Å². The first-order chi connectivity index (χ1) is 9.74. The summed E-state index contributed by atoms with van der Waals surface area (Å²) in [6, 6.07) is 5.50. The van der Waals surface area contributed by atoms with E-state index >= 15 is 0 Å². The Labute approximate surface area is 120 Å². The minimum absolute atomic E-state index is 0.135. The number of carbonyl (C=O) groups is 1. The molecule has 1 saturated carbocycles. The van der Waals surface area contributed by atoms with Crippen LogP contribution in [0.1, 0.15) is 34.2 Å². The van der Waals surface area contributed by atoms with Gasteiger partial charge in [0.15, 0.2) is 0 Å². The third-order valence-corrected chi connectivity index (χ3v) is 4.34. The number of thiazole rings is 1. The summed E-state index contributed by atoms with van der Waals surface area (Å²) >= 11 is 1.31. The zero-order chi connectivity index (χ0) is 13.9. The summed E-state index contributed by atoms with van der Waals surface area (Å²) in [5.41, 5.74) is 2.47. The number of carbonyl (C=O) groups excluding carboxylic acids is 1. The van der Waals surface area contributed by atoms with Crippen LogP contribution in [0, 0.1) is 5.92 Å². The maximum atomic E-state index is 12.2. The van der Waals surface area contributed by atoms with Gasteiger partial charge in [-0.3, -0.25) is 14.8 Å². The Kier molecular flexibility index (Phi) is 3.75. The largest absolute Gasteiger partial charge is 0.393 e. The number of rotatable bonds is 4. The van der Waals surface area contributed by atoms with Gasteiger partial charge in [-0.15, -0.1) is 11.3 Å². The van der Waals surface area contributed by atoms with Crippen molar-refractivity contribution in [1.82, 2.24) is 15.3 Å². The molecule has 2 heterocycles. The van der Waals surface area contributed by atoms with Crippen LogP contribution in [0.4, 0.5) is 0 Å². The molecular formula is C14H15N3O2S. The molecule has 0 spiro atoms. The van der Waals surface area contributed by atoms with E-state index in [0.29, 0.717) is 17.7 Å². The molecule has 0 bridgehead atoms. The second-order valence-corrected chi connectivity index (χ2v) is 5.84. The highest BCUT2D eigenvalue weighted by atomic mass is 32.1. The Bertz CT molecular complexity index is 567. The zero-order valence-electron chi connectivity index (χ0n) is 10.8. The second kappa shape index (κ2) is 5.68. The van der Waals surface area contributed by atoms with Crippen molar-refractivity contribution < 1.29 is 9.90 Å². The molecule has 20 heavy (non-hydrogen) atoms. The minimum atomic E-state index is -0.258. The highest BCUT2D eigenvalue weighted by molar-refractivity contribution is 7.11. The molecule has 2 aromatic heterocycles. The van der Waals surface area contributed by atoms with Crippen LogP contribution in [0.2, 0.25) is 0 Å². The summed E-state index contributed by atoms with van der Waals surface area (Å²) in [5, 5.41) is 12.5. The average Bonchev–Trinajstić information content (AvgIpc) is 2.97. The molecule has 5 nitrogen and oxygen atoms in total. The summed E-state index contributed by atoms with van der Waals surface area (Å²) in [6.07, 6.45) is 4.42. The highest BCUT2D eigenvalue weighted by Crippen LogP contribution is 2.37. The lowest BCUT2D eigenvalue weighted by molar-refractivity contribution is 0.0228. The van der Waals surface area contributed by atoms with Gasteiger partial charge in [0, 0.05) is 6.20 Å². The minimum Gasteiger partial charge on any atom is -0.393 e. The predicted octanol–water partition coefficient (Wildman–Crippen LogP) is 1.78. The van der Waals surface area contributed by atoms with Gasteiger partial charge in [-0.1, -0.05) is 6.07 Å². The van der Waals surface area contributed by atoms with Crippen LogP contribution in [-0.4, -0.2) is 27.1 Å². The van der Waals surface area contributed by atoms with E-state index in [1.807, 2.05) is 18.2 Å². The molecule has 0 unspecified atom stereocenters. The number of nitrogens with one attached hydrogen (secondary N) is 1. The van der Waals surface area contributed by atoms with Gasteiger partial charge in [0.25, 0.3) is 5.91 Å². The van der Waals surface area contributed by atoms with Crippen molar-refractivity contribution in [3.63, 3.8) is 0 Å². The monoisotopic (exact) mass is 289 g/mol. The van der Waals surface area contributed by atoms with Crippen molar-refractivity contribution in [2.75, 3.05) is 0 Å². The van der Waals surface area contributed by atoms with E-state index < -0.39 is 0 Å². The van der Waals surface area contributed by atoms with Crippen LogP contribution in [0.25, 0.3) is 0 Å². The Morgan fingerprint density at radius 2 is 2.30 bits per heavy atom. The number of amides is 1. The fourth-order valence-electron chi connectivity index (χ4n) is 2.44. The van der Waals surface area contributed by atoms with Gasteiger partial charge in [0.05, 0.1) is 29.5 Å². The third kappa shape index (κ3) is 2.71. The molecule has 0 radical (unpaired) electrons. The molecule has 1 fully saturated rings. The standard InChI is InChI=1S/C14H15N3O2S/c18-10-5-9(6-10)13(11-3-1-2-4-16-11)17-14(19)12-7-15-8-20-12/h1-4,7-10,13,18H,5-6H2,(H,17,19)/t9?,10?,13-/m1/s1. The quantitative estimate of drug-likeness (QED) is 0.899. The Morgan fingerprint density at radius 1 is 1.45 bits per heavy atom. The van der Waals surface area contributed by atoms with Crippen LogP contribution >= 0.6 is 11.3 Å². The predicted molar refractivity (Wildman–Crippen MR) is 75.3 cm³/mol. The highest BCUT2D eigenvalue weighted by Gasteiger charge is 2.36. The molecule has 0 aromatic carbocycles. The first-order valence-corrected chi connectivity index (χ1v) is 7.40. The fourth-order valence-corrected chi connectivity index (χ4v) is 2.96. The van der Waals surface area contributed by atoms with Gasteiger partial charge < -0.3 is 10.4 Å². The van der Waals surface area contributed by atoms with Crippen molar-refractivity contribution >= 4 is 17.2 Å². The van der Waals surface area contributed by atoms with E-state index in [0.717, 1.165) is 5.69 Å². The summed E-state index contributed by atoms with van der Waals surface area (Å²) in [7, 11) is 0. The molecule has 0 saturated heterocycles. The normalized spacial score (nSPS) is 22.9. The van der Waals surface area contributed by atoms with Gasteiger partial charge in [-0.05, 0) is 30.9 Å². The van der Waals surface area contributed by atoms with Crippen LogP contribution in [0.3, 0.4) is 0 Å². The van der Waals surface area contributed by atoms with Gasteiger partial charge in [-0.25, -0.2) is 0 Å². The summed E-state index contributed by atoms with van der Waals surface area (Å²) < 4.78 is 0. The number of aliphatic hydroxyl groups excluding tert-OH is 1. The van der Waals surface area contributed by atoms with Crippen molar-refractivity contribution in [2.45, 2.75) is 25.0 Å². The number of hydrogen-bond donors (Lipinski definition) is 2. The van der Waals surface area contributed by atoms with Gasteiger partial charge in [-0.2, -0.15) is 0 Å². The summed E-state index contributed by atoms with van der Waals surface area (Å²) in [4.78, 5) is 21.0. The molecule has 2 aromatic rings. The maximum absolute atomic E-state index is 12.2. The molecule has 6 heteroatoms. The number of pyridine rings is 1. The van der Waals surface area contributed by atoms with E-state index in [1.54, 1.807) is 17.9 Å². The maximum Gasteiger partial charge on any atom is 0.263 e. The van der Waals surface area contributed by atoms with Crippen LogP contribution < -0.4 is 5.32 Å². The lowest BCUT2D eigenvalue weighted by Crippen LogP contribution is -2.41. The SMILES string of the molecule is O=C(N[C@@H](c1ccccn1)C1CC(O)C1)c1cncs1. The summed E-state index contributed by atoms with van der Waals surface area (Å²) in [6.45, 7) is 0. The zero-order valence-corrected chi connectivity index (χ0v) is 11.6. The van der Waals surface area contributed by atoms with Crippen LogP contribution in [0.15, 0.2) is 36.1 Å². The second-order valence-electron chi connectivity index (χ2n) is 4.96. The number of aliphatic hydroxyl groups is 1. The topological polar surface area (TPSA) is 75.1 Å². The first-order valence-electron chi connectivity index (χ1n) is 6.52. The van der Waals surface area contributed by atoms with Gasteiger partial charge in [0.1, 0.15) is 4.88 Å². The van der Waals surface area contributed by atoms with Gasteiger partial charge in [0.2, 0.25) is 0 Å². The molecule has 1 atom stereocenters. The van der Waals surface area contributed by atoms with Gasteiger partial charge >= 0.3 is 0 Å². The van der Waals surface area contributed by atoms with Crippen molar-refractivity contribution in [3.05, 3.63) is 46.7 Å². The lowest BCUT2D eigenvalue weighted by atomic mass is 9.76. The first kappa shape index (κ1) is 13.2. The summed E-state index contributed by atoms with van der Waals surface area (Å²) in [5.74, 6) is 0.0984. The smallest absolute Gasteiger partial charge is 0.263 e. The molecule has 104 valence electrons. The molecule has 0 aliphatic heterocycles. The molecular weight excluding hydrogens is 274 g/mol. The number of aromatic nitrogens is 2. The van der Waals surface area contributed by atoms with Crippen molar-refractivity contribution in [3.8, 4) is 0 Å². The Hall–Kier alpha value is -1.79. The molecule has 1 amide bonds. The van der Waals surface area contributed by atoms with Crippen molar-refractivity contribution in [1.29, 1.82) is 0 Å². The Balaban J connectivity index is 1.78. The molecule has 3 rings (SSSR count). The fraction of sp³-hybridized carbons (Fsp3) is 0.357. The van der Waals surface area contributed by atoms with Crippen LogP contribution in [-0.2, 0) is 0 Å². The molecule has 1 aliphatic carbocycles. The Morgan fingerprint density at radius 3 is 2.90 bits per heavy atom. The average molecular weight is 289 g/mol. The third-order valence-electron chi connectivity index (χ3n) is 3.57. The lowest BCUT2D eigenvalue weighted by Gasteiger charge is -2.37.